The Kier molecular flexibility index (Phi) is 5.54. The number of hydrogen-bond donors (Lipinski definition) is 2. The highest BCUT2D eigenvalue weighted by Crippen LogP contribution is 2.31. The number of H-pyrrole nitrogens is 1. The first-order valence-corrected chi connectivity index (χ1v) is 8.98. The van der Waals surface area contributed by atoms with Gasteiger partial charge in [0.05, 0.1) is 5.56 Å². The second kappa shape index (κ2) is 8.05. The topological polar surface area (TPSA) is 87.2 Å². The summed E-state index contributed by atoms with van der Waals surface area (Å²) < 4.78 is 0. The molecule has 0 saturated heterocycles. The minimum atomic E-state index is -0.987. The molecule has 0 aliphatic carbocycles. The summed E-state index contributed by atoms with van der Waals surface area (Å²) in [5, 5.41) is 9.13. The molecule has 2 aromatic carbocycles. The zero-order valence-corrected chi connectivity index (χ0v) is 15.7. The highest BCUT2D eigenvalue weighted by atomic mass is 16.4. The normalized spacial score (nSPS) is 11.8. The van der Waals surface area contributed by atoms with Crippen LogP contribution in [0.4, 0.5) is 0 Å². The molecule has 0 aliphatic heterocycles. The molecule has 0 spiro atoms. The lowest BCUT2D eigenvalue weighted by molar-refractivity contribution is 0.0696. The zero-order valence-electron chi connectivity index (χ0n) is 15.7. The van der Waals surface area contributed by atoms with Crippen molar-refractivity contribution in [3.63, 3.8) is 0 Å². The van der Waals surface area contributed by atoms with E-state index in [4.69, 9.17) is 5.11 Å². The number of carbonyl (C=O) groups is 2. The Morgan fingerprint density at radius 2 is 1.64 bits per heavy atom. The van der Waals surface area contributed by atoms with Crippen LogP contribution in [-0.2, 0) is 0 Å². The Morgan fingerprint density at radius 3 is 2.25 bits per heavy atom. The average Bonchev–Trinajstić information content (AvgIpc) is 2.69. The van der Waals surface area contributed by atoms with Crippen LogP contribution in [0.5, 0.6) is 0 Å². The monoisotopic (exact) mass is 375 g/mol. The summed E-state index contributed by atoms with van der Waals surface area (Å²) in [6.07, 6.45) is 1.66. The first kappa shape index (κ1) is 19.3. The molecule has 0 radical (unpaired) electrons. The fourth-order valence-corrected chi connectivity index (χ4v) is 3.30. The number of carboxylic acids is 1. The molecule has 28 heavy (non-hydrogen) atoms. The van der Waals surface area contributed by atoms with Gasteiger partial charge >= 0.3 is 5.97 Å². The SMILES string of the molecule is Cc1ccccc1C(CC(=O)c1c[nH]c(=O)c(C)c1)c1ccc(C(=O)O)cc1. The molecule has 0 amide bonds. The summed E-state index contributed by atoms with van der Waals surface area (Å²) in [6, 6.07) is 16.1. The van der Waals surface area contributed by atoms with Gasteiger partial charge < -0.3 is 10.1 Å². The first-order chi connectivity index (χ1) is 13.4. The van der Waals surface area contributed by atoms with E-state index in [1.807, 2.05) is 31.2 Å². The maximum atomic E-state index is 12.9. The van der Waals surface area contributed by atoms with Gasteiger partial charge in [-0.1, -0.05) is 36.4 Å². The van der Waals surface area contributed by atoms with Gasteiger partial charge in [0.25, 0.3) is 5.56 Å². The van der Waals surface area contributed by atoms with Crippen molar-refractivity contribution >= 4 is 11.8 Å². The smallest absolute Gasteiger partial charge is 0.335 e. The molecule has 1 unspecified atom stereocenters. The third-order valence-corrected chi connectivity index (χ3v) is 4.92. The number of nitrogens with one attached hydrogen (secondary N) is 1. The number of Topliss-reactive ketones (excluding diaryl/α,β-unsaturated/α-hetero) is 1. The standard InChI is InChI=1S/C23H21NO4/c1-14-5-3-4-6-19(14)20(16-7-9-17(10-8-16)23(27)28)12-21(25)18-11-15(2)22(26)24-13-18/h3-11,13,20H,12H2,1-2H3,(H,24,26)(H,27,28). The number of carbonyl (C=O) groups excluding carboxylic acids is 1. The van der Waals surface area contributed by atoms with Crippen molar-refractivity contribution in [2.45, 2.75) is 26.2 Å². The largest absolute Gasteiger partial charge is 0.478 e. The molecule has 1 atom stereocenters. The summed E-state index contributed by atoms with van der Waals surface area (Å²) >= 11 is 0. The van der Waals surface area contributed by atoms with Gasteiger partial charge in [0.2, 0.25) is 0 Å². The Bertz CT molecular complexity index is 1080. The van der Waals surface area contributed by atoms with Crippen molar-refractivity contribution in [3.8, 4) is 0 Å². The van der Waals surface area contributed by atoms with Crippen LogP contribution in [-0.4, -0.2) is 21.8 Å². The number of aromatic nitrogens is 1. The second-order valence-corrected chi connectivity index (χ2v) is 6.86. The van der Waals surface area contributed by atoms with Crippen molar-refractivity contribution in [2.24, 2.45) is 0 Å². The molecule has 0 bridgehead atoms. The number of rotatable bonds is 6. The van der Waals surface area contributed by atoms with E-state index in [1.165, 1.54) is 6.20 Å². The third-order valence-electron chi connectivity index (χ3n) is 4.92. The molecule has 142 valence electrons. The lowest BCUT2D eigenvalue weighted by Gasteiger charge is -2.20. The minimum absolute atomic E-state index is 0.0880. The van der Waals surface area contributed by atoms with Gasteiger partial charge in [-0.05, 0) is 48.7 Å². The highest BCUT2D eigenvalue weighted by Gasteiger charge is 2.21. The lowest BCUT2D eigenvalue weighted by atomic mass is 9.83. The number of carboxylic acid groups (broad SMARTS) is 1. The molecule has 5 heteroatoms. The fraction of sp³-hybridized carbons (Fsp3) is 0.174. The van der Waals surface area contributed by atoms with E-state index in [0.29, 0.717) is 11.1 Å². The van der Waals surface area contributed by atoms with Gasteiger partial charge in [-0.2, -0.15) is 0 Å². The molecular weight excluding hydrogens is 354 g/mol. The fourth-order valence-electron chi connectivity index (χ4n) is 3.30. The number of hydrogen-bond acceptors (Lipinski definition) is 3. The number of aromatic amines is 1. The maximum absolute atomic E-state index is 12.9. The molecular formula is C23H21NO4. The highest BCUT2D eigenvalue weighted by molar-refractivity contribution is 5.96. The van der Waals surface area contributed by atoms with Crippen molar-refractivity contribution in [3.05, 3.63) is 105 Å². The van der Waals surface area contributed by atoms with Gasteiger partial charge in [-0.15, -0.1) is 0 Å². The first-order valence-electron chi connectivity index (χ1n) is 8.98. The van der Waals surface area contributed by atoms with Crippen LogP contribution in [0.1, 0.15) is 55.3 Å². The van der Waals surface area contributed by atoms with E-state index >= 15 is 0 Å². The summed E-state index contributed by atoms with van der Waals surface area (Å²) in [6.45, 7) is 3.65. The Hall–Kier alpha value is -3.47. The maximum Gasteiger partial charge on any atom is 0.335 e. The van der Waals surface area contributed by atoms with Crippen LogP contribution in [0.3, 0.4) is 0 Å². The molecule has 3 aromatic rings. The molecule has 5 nitrogen and oxygen atoms in total. The summed E-state index contributed by atoms with van der Waals surface area (Å²) in [5.74, 6) is -1.29. The van der Waals surface area contributed by atoms with Crippen molar-refractivity contribution < 1.29 is 14.7 Å². The van der Waals surface area contributed by atoms with Crippen LogP contribution < -0.4 is 5.56 Å². The summed E-state index contributed by atoms with van der Waals surface area (Å²) in [5.41, 5.74) is 3.88. The van der Waals surface area contributed by atoms with Crippen LogP contribution in [0.2, 0.25) is 0 Å². The van der Waals surface area contributed by atoms with Gasteiger partial charge in [0, 0.05) is 29.7 Å². The molecule has 1 heterocycles. The molecule has 3 rings (SSSR count). The number of benzene rings is 2. The van der Waals surface area contributed by atoms with Crippen LogP contribution in [0, 0.1) is 13.8 Å². The number of ketones is 1. The molecule has 1 aromatic heterocycles. The van der Waals surface area contributed by atoms with Crippen molar-refractivity contribution in [1.29, 1.82) is 0 Å². The Balaban J connectivity index is 2.00. The summed E-state index contributed by atoms with van der Waals surface area (Å²) in [4.78, 5) is 38.2. The molecule has 0 fully saturated rings. The van der Waals surface area contributed by atoms with Crippen LogP contribution in [0.25, 0.3) is 0 Å². The van der Waals surface area contributed by atoms with Gasteiger partial charge in [-0.3, -0.25) is 9.59 Å². The third kappa shape index (κ3) is 4.09. The van der Waals surface area contributed by atoms with Gasteiger partial charge in [-0.25, -0.2) is 4.79 Å². The van der Waals surface area contributed by atoms with E-state index in [2.05, 4.69) is 4.98 Å². The van der Waals surface area contributed by atoms with Crippen molar-refractivity contribution in [1.82, 2.24) is 4.98 Å². The van der Waals surface area contributed by atoms with Crippen LogP contribution >= 0.6 is 0 Å². The lowest BCUT2D eigenvalue weighted by Crippen LogP contribution is -2.14. The van der Waals surface area contributed by atoms with E-state index in [-0.39, 0.29) is 29.2 Å². The number of aryl methyl sites for hydroxylation is 2. The van der Waals surface area contributed by atoms with Crippen molar-refractivity contribution in [2.75, 3.05) is 0 Å². The van der Waals surface area contributed by atoms with Crippen LogP contribution in [0.15, 0.2) is 65.6 Å². The second-order valence-electron chi connectivity index (χ2n) is 6.86. The van der Waals surface area contributed by atoms with E-state index in [1.54, 1.807) is 37.3 Å². The van der Waals surface area contributed by atoms with Gasteiger partial charge in [0.15, 0.2) is 5.78 Å². The van der Waals surface area contributed by atoms with E-state index in [0.717, 1.165) is 16.7 Å². The predicted octanol–water partition coefficient (Wildman–Crippen LogP) is 4.09. The zero-order chi connectivity index (χ0) is 20.3. The average molecular weight is 375 g/mol. The van der Waals surface area contributed by atoms with Gasteiger partial charge in [0.1, 0.15) is 0 Å². The quantitative estimate of drug-likeness (QED) is 0.635. The molecule has 0 aliphatic rings. The number of pyridine rings is 1. The Labute approximate surface area is 162 Å². The van der Waals surface area contributed by atoms with E-state index in [9.17, 15) is 14.4 Å². The minimum Gasteiger partial charge on any atom is -0.478 e. The number of aromatic carboxylic acids is 1. The Morgan fingerprint density at radius 1 is 0.964 bits per heavy atom. The summed E-state index contributed by atoms with van der Waals surface area (Å²) in [7, 11) is 0. The molecule has 0 saturated carbocycles. The molecule has 2 N–H and O–H groups in total. The predicted molar refractivity (Wildman–Crippen MR) is 107 cm³/mol. The van der Waals surface area contributed by atoms with E-state index < -0.39 is 5.97 Å².